The molecule has 0 bridgehead atoms. The lowest BCUT2D eigenvalue weighted by Crippen LogP contribution is -1.97. The topological polar surface area (TPSA) is 18.5 Å². The van der Waals surface area contributed by atoms with Gasteiger partial charge in [-0.2, -0.15) is 0 Å². The van der Waals surface area contributed by atoms with Crippen molar-refractivity contribution in [1.29, 1.82) is 0 Å². The normalized spacial score (nSPS) is 10.8. The molecule has 2 heteroatoms. The van der Waals surface area contributed by atoms with E-state index in [4.69, 9.17) is 9.47 Å². The van der Waals surface area contributed by atoms with Crippen LogP contribution in [0.15, 0.2) is 72.8 Å². The second-order valence-electron chi connectivity index (χ2n) is 8.41. The van der Waals surface area contributed by atoms with Gasteiger partial charge in [0.25, 0.3) is 0 Å². The Kier molecular flexibility index (Phi) is 10.2. The molecule has 0 saturated carbocycles. The van der Waals surface area contributed by atoms with Gasteiger partial charge in [-0.1, -0.05) is 101 Å². The first-order chi connectivity index (χ1) is 15.8. The van der Waals surface area contributed by atoms with Crippen molar-refractivity contribution in [2.24, 2.45) is 0 Å². The van der Waals surface area contributed by atoms with Crippen molar-refractivity contribution < 1.29 is 9.47 Å². The molecule has 0 aliphatic heterocycles. The maximum atomic E-state index is 5.96. The Labute approximate surface area is 194 Å². The predicted octanol–water partition coefficient (Wildman–Crippen LogP) is 8.94. The van der Waals surface area contributed by atoms with Gasteiger partial charge in [0.2, 0.25) is 0 Å². The molecule has 0 amide bonds. The molecule has 0 heterocycles. The fourth-order valence-corrected chi connectivity index (χ4v) is 3.85. The SMILES string of the molecule is CCCCCCCCOc1ccc(-c2ccccc2-c2ccc(OCCCC)cc2)cc1. The van der Waals surface area contributed by atoms with E-state index in [1.807, 2.05) is 0 Å². The molecule has 3 aromatic carbocycles. The van der Waals surface area contributed by atoms with E-state index in [-0.39, 0.29) is 0 Å². The quantitative estimate of drug-likeness (QED) is 0.238. The van der Waals surface area contributed by atoms with Crippen LogP contribution in [0.5, 0.6) is 11.5 Å². The van der Waals surface area contributed by atoms with Crippen LogP contribution in [0.1, 0.15) is 65.2 Å². The number of rotatable bonds is 14. The average Bonchev–Trinajstić information content (AvgIpc) is 2.84. The summed E-state index contributed by atoms with van der Waals surface area (Å²) in [5, 5.41) is 0. The number of hydrogen-bond acceptors (Lipinski definition) is 2. The van der Waals surface area contributed by atoms with Crippen molar-refractivity contribution in [3.63, 3.8) is 0 Å². The number of ether oxygens (including phenoxy) is 2. The predicted molar refractivity (Wildman–Crippen MR) is 137 cm³/mol. The molecule has 0 aliphatic carbocycles. The third kappa shape index (κ3) is 7.44. The lowest BCUT2D eigenvalue weighted by atomic mass is 9.94. The molecule has 0 atom stereocenters. The molecular weight excluding hydrogens is 392 g/mol. The molecule has 0 unspecified atom stereocenters. The van der Waals surface area contributed by atoms with Crippen LogP contribution in [0.2, 0.25) is 0 Å². The Balaban J connectivity index is 1.60. The van der Waals surface area contributed by atoms with Crippen LogP contribution in [-0.2, 0) is 0 Å². The molecule has 0 aromatic heterocycles. The highest BCUT2D eigenvalue weighted by atomic mass is 16.5. The van der Waals surface area contributed by atoms with Crippen molar-refractivity contribution >= 4 is 0 Å². The molecular formula is C30H38O2. The Bertz CT molecular complexity index is 897. The summed E-state index contributed by atoms with van der Waals surface area (Å²) in [4.78, 5) is 0. The van der Waals surface area contributed by atoms with E-state index >= 15 is 0 Å². The summed E-state index contributed by atoms with van der Waals surface area (Å²) in [7, 11) is 0. The lowest BCUT2D eigenvalue weighted by molar-refractivity contribution is 0.304. The van der Waals surface area contributed by atoms with Crippen molar-refractivity contribution in [1.82, 2.24) is 0 Å². The molecule has 32 heavy (non-hydrogen) atoms. The minimum absolute atomic E-state index is 0.777. The second kappa shape index (κ2) is 13.6. The van der Waals surface area contributed by atoms with Crippen LogP contribution in [0.4, 0.5) is 0 Å². The first-order valence-corrected chi connectivity index (χ1v) is 12.4. The molecule has 2 nitrogen and oxygen atoms in total. The molecule has 0 fully saturated rings. The third-order valence-corrected chi connectivity index (χ3v) is 5.79. The van der Waals surface area contributed by atoms with Gasteiger partial charge in [0.05, 0.1) is 13.2 Å². The van der Waals surface area contributed by atoms with Gasteiger partial charge in [0.1, 0.15) is 11.5 Å². The van der Waals surface area contributed by atoms with E-state index < -0.39 is 0 Å². The Morgan fingerprint density at radius 2 is 0.906 bits per heavy atom. The van der Waals surface area contributed by atoms with E-state index in [0.29, 0.717) is 0 Å². The fraction of sp³-hybridized carbons (Fsp3) is 0.400. The Morgan fingerprint density at radius 1 is 0.469 bits per heavy atom. The largest absolute Gasteiger partial charge is 0.494 e. The van der Waals surface area contributed by atoms with Gasteiger partial charge in [-0.3, -0.25) is 0 Å². The summed E-state index contributed by atoms with van der Waals surface area (Å²) in [5.41, 5.74) is 4.87. The molecule has 0 aliphatic rings. The molecule has 3 rings (SSSR count). The van der Waals surface area contributed by atoms with Crippen LogP contribution in [0.25, 0.3) is 22.3 Å². The zero-order chi connectivity index (χ0) is 22.4. The van der Waals surface area contributed by atoms with Gasteiger partial charge < -0.3 is 9.47 Å². The smallest absolute Gasteiger partial charge is 0.119 e. The summed E-state index contributed by atoms with van der Waals surface area (Å²) < 4.78 is 11.8. The summed E-state index contributed by atoms with van der Waals surface area (Å²) in [6.45, 7) is 6.01. The highest BCUT2D eigenvalue weighted by Crippen LogP contribution is 2.33. The minimum atomic E-state index is 0.777. The van der Waals surface area contributed by atoms with E-state index in [2.05, 4.69) is 86.6 Å². The van der Waals surface area contributed by atoms with E-state index in [0.717, 1.165) is 44.0 Å². The molecule has 170 valence electrons. The maximum Gasteiger partial charge on any atom is 0.119 e. The van der Waals surface area contributed by atoms with Gasteiger partial charge in [0, 0.05) is 0 Å². The highest BCUT2D eigenvalue weighted by molar-refractivity contribution is 5.83. The summed E-state index contributed by atoms with van der Waals surface area (Å²) in [6, 6.07) is 25.5. The van der Waals surface area contributed by atoms with Gasteiger partial charge in [0.15, 0.2) is 0 Å². The van der Waals surface area contributed by atoms with Crippen LogP contribution in [0.3, 0.4) is 0 Å². The summed E-state index contributed by atoms with van der Waals surface area (Å²) in [5.74, 6) is 1.89. The van der Waals surface area contributed by atoms with Crippen molar-refractivity contribution in [2.75, 3.05) is 13.2 Å². The third-order valence-electron chi connectivity index (χ3n) is 5.79. The maximum absolute atomic E-state index is 5.96. The zero-order valence-electron chi connectivity index (χ0n) is 19.8. The lowest BCUT2D eigenvalue weighted by Gasteiger charge is -2.12. The van der Waals surface area contributed by atoms with E-state index in [9.17, 15) is 0 Å². The van der Waals surface area contributed by atoms with Crippen molar-refractivity contribution in [3.8, 4) is 33.8 Å². The van der Waals surface area contributed by atoms with Crippen LogP contribution in [-0.4, -0.2) is 13.2 Å². The minimum Gasteiger partial charge on any atom is -0.494 e. The summed E-state index contributed by atoms with van der Waals surface area (Å²) >= 11 is 0. The van der Waals surface area contributed by atoms with Gasteiger partial charge in [-0.15, -0.1) is 0 Å². The molecule has 0 radical (unpaired) electrons. The fourth-order valence-electron chi connectivity index (χ4n) is 3.85. The monoisotopic (exact) mass is 430 g/mol. The van der Waals surface area contributed by atoms with Gasteiger partial charge in [-0.05, 0) is 59.4 Å². The summed E-state index contributed by atoms with van der Waals surface area (Å²) in [6.07, 6.45) is 9.93. The first-order valence-electron chi connectivity index (χ1n) is 12.4. The molecule has 0 N–H and O–H groups in total. The van der Waals surface area contributed by atoms with E-state index in [1.54, 1.807) is 0 Å². The number of unbranched alkanes of at least 4 members (excludes halogenated alkanes) is 6. The molecule has 0 saturated heterocycles. The molecule has 3 aromatic rings. The van der Waals surface area contributed by atoms with Crippen LogP contribution in [0, 0.1) is 0 Å². The zero-order valence-corrected chi connectivity index (χ0v) is 19.8. The number of hydrogen-bond donors (Lipinski definition) is 0. The number of benzene rings is 3. The highest BCUT2D eigenvalue weighted by Gasteiger charge is 2.08. The molecule has 0 spiro atoms. The first kappa shape index (κ1) is 23.9. The standard InChI is InChI=1S/C30H38O2/c1-3-5-7-8-9-12-24-32-28-21-17-26(18-22-28)30-14-11-10-13-29(30)25-15-19-27(20-16-25)31-23-6-4-2/h10-11,13-22H,3-9,12,23-24H2,1-2H3. The van der Waals surface area contributed by atoms with Crippen LogP contribution < -0.4 is 9.47 Å². The van der Waals surface area contributed by atoms with Gasteiger partial charge in [-0.25, -0.2) is 0 Å². The Hall–Kier alpha value is -2.74. The average molecular weight is 431 g/mol. The Morgan fingerprint density at radius 3 is 1.41 bits per heavy atom. The second-order valence-corrected chi connectivity index (χ2v) is 8.41. The van der Waals surface area contributed by atoms with Crippen LogP contribution >= 0.6 is 0 Å². The van der Waals surface area contributed by atoms with E-state index in [1.165, 1.54) is 54.4 Å². The van der Waals surface area contributed by atoms with Crippen molar-refractivity contribution in [3.05, 3.63) is 72.8 Å². The van der Waals surface area contributed by atoms with Crippen molar-refractivity contribution in [2.45, 2.75) is 65.2 Å². The van der Waals surface area contributed by atoms with Gasteiger partial charge >= 0.3 is 0 Å².